The number of aromatic amines is 1. The SMILES string of the molecule is CC.CCCc1ccc(NC)c2c(=O)c(C(C)=O)c(Nc3ccccc3C)[nH]c12. The Hall–Kier alpha value is -3.08. The van der Waals surface area contributed by atoms with Crippen LogP contribution in [-0.2, 0) is 6.42 Å². The number of hydrogen-bond donors (Lipinski definition) is 3. The maximum absolute atomic E-state index is 13.3. The second-order valence-electron chi connectivity index (χ2n) is 6.72. The van der Waals surface area contributed by atoms with Crippen molar-refractivity contribution < 1.29 is 4.79 Å². The Morgan fingerprint density at radius 3 is 2.34 bits per heavy atom. The predicted octanol–water partition coefficient (Wildman–Crippen LogP) is 5.80. The van der Waals surface area contributed by atoms with Gasteiger partial charge in [0.15, 0.2) is 5.78 Å². The zero-order valence-electron chi connectivity index (χ0n) is 18.2. The van der Waals surface area contributed by atoms with Gasteiger partial charge in [-0.1, -0.05) is 51.5 Å². The molecule has 3 rings (SSSR count). The molecule has 0 spiro atoms. The third-order valence-electron chi connectivity index (χ3n) is 4.79. The van der Waals surface area contributed by atoms with E-state index in [4.69, 9.17) is 0 Å². The van der Waals surface area contributed by atoms with E-state index >= 15 is 0 Å². The number of nitrogens with one attached hydrogen (secondary N) is 3. The molecule has 154 valence electrons. The van der Waals surface area contributed by atoms with Crippen molar-refractivity contribution in [2.75, 3.05) is 17.7 Å². The van der Waals surface area contributed by atoms with Crippen LogP contribution in [0.15, 0.2) is 41.2 Å². The van der Waals surface area contributed by atoms with Crippen molar-refractivity contribution in [2.45, 2.75) is 47.5 Å². The number of anilines is 3. The van der Waals surface area contributed by atoms with Gasteiger partial charge in [0.25, 0.3) is 0 Å². The first kappa shape index (κ1) is 22.2. The van der Waals surface area contributed by atoms with E-state index in [9.17, 15) is 9.59 Å². The summed E-state index contributed by atoms with van der Waals surface area (Å²) >= 11 is 0. The van der Waals surface area contributed by atoms with Gasteiger partial charge in [0.05, 0.1) is 10.9 Å². The summed E-state index contributed by atoms with van der Waals surface area (Å²) in [5.41, 5.74) is 4.34. The molecular weight excluding hydrogens is 362 g/mol. The van der Waals surface area contributed by atoms with Crippen LogP contribution in [0.2, 0.25) is 0 Å². The minimum Gasteiger partial charge on any atom is -0.387 e. The molecule has 5 heteroatoms. The Kier molecular flexibility index (Phi) is 7.59. The van der Waals surface area contributed by atoms with Gasteiger partial charge in [-0.15, -0.1) is 0 Å². The van der Waals surface area contributed by atoms with Gasteiger partial charge in [-0.3, -0.25) is 9.59 Å². The van der Waals surface area contributed by atoms with Crippen LogP contribution in [0.3, 0.4) is 0 Å². The molecule has 5 nitrogen and oxygen atoms in total. The molecule has 0 saturated heterocycles. The molecule has 0 aliphatic heterocycles. The molecule has 2 aromatic carbocycles. The summed E-state index contributed by atoms with van der Waals surface area (Å²) in [7, 11) is 1.78. The van der Waals surface area contributed by atoms with Gasteiger partial charge >= 0.3 is 0 Å². The summed E-state index contributed by atoms with van der Waals surface area (Å²) in [6.07, 6.45) is 1.81. The Bertz CT molecular complexity index is 1070. The summed E-state index contributed by atoms with van der Waals surface area (Å²) in [4.78, 5) is 29.0. The smallest absolute Gasteiger partial charge is 0.204 e. The lowest BCUT2D eigenvalue weighted by Crippen LogP contribution is -2.19. The molecule has 29 heavy (non-hydrogen) atoms. The molecule has 3 aromatic rings. The minimum atomic E-state index is -0.266. The highest BCUT2D eigenvalue weighted by molar-refractivity contribution is 6.05. The standard InChI is InChI=1S/C22H25N3O2.C2H6/c1-5-8-15-11-12-17(23-4)19-20(15)25-22(18(14(3)26)21(19)27)24-16-10-7-6-9-13(16)2;1-2/h6-7,9-12,23H,5,8H2,1-4H3,(H2,24,25,27);1-2H3. The normalized spacial score (nSPS) is 10.3. The van der Waals surface area contributed by atoms with E-state index < -0.39 is 0 Å². The second kappa shape index (κ2) is 9.92. The highest BCUT2D eigenvalue weighted by atomic mass is 16.1. The van der Waals surface area contributed by atoms with Crippen LogP contribution in [0.5, 0.6) is 0 Å². The number of H-pyrrole nitrogens is 1. The molecule has 0 bridgehead atoms. The maximum Gasteiger partial charge on any atom is 0.204 e. The number of carbonyl (C=O) groups is 1. The number of aromatic nitrogens is 1. The topological polar surface area (TPSA) is 74.0 Å². The van der Waals surface area contributed by atoms with E-state index in [2.05, 4.69) is 22.5 Å². The van der Waals surface area contributed by atoms with Gasteiger partial charge in [-0.05, 0) is 43.5 Å². The number of benzene rings is 2. The Labute approximate surface area is 172 Å². The average molecular weight is 394 g/mol. The lowest BCUT2D eigenvalue weighted by atomic mass is 10.0. The molecule has 1 heterocycles. The number of fused-ring (bicyclic) bond motifs is 1. The molecule has 0 aliphatic carbocycles. The van der Waals surface area contributed by atoms with E-state index in [1.807, 2.05) is 57.2 Å². The largest absolute Gasteiger partial charge is 0.387 e. The third kappa shape index (κ3) is 4.50. The zero-order chi connectivity index (χ0) is 21.6. The van der Waals surface area contributed by atoms with Crippen LogP contribution in [-0.4, -0.2) is 17.8 Å². The van der Waals surface area contributed by atoms with Gasteiger partial charge in [-0.25, -0.2) is 0 Å². The van der Waals surface area contributed by atoms with Crippen molar-refractivity contribution in [3.05, 3.63) is 63.3 Å². The number of pyridine rings is 1. The fraction of sp³-hybridized carbons (Fsp3) is 0.333. The first-order chi connectivity index (χ1) is 14.0. The van der Waals surface area contributed by atoms with Crippen molar-refractivity contribution in [2.24, 2.45) is 0 Å². The van der Waals surface area contributed by atoms with Gasteiger partial charge in [0.1, 0.15) is 11.4 Å². The maximum atomic E-state index is 13.3. The Morgan fingerprint density at radius 2 is 1.76 bits per heavy atom. The Balaban J connectivity index is 0.00000145. The van der Waals surface area contributed by atoms with Crippen LogP contribution in [0, 0.1) is 6.92 Å². The summed E-state index contributed by atoms with van der Waals surface area (Å²) in [5, 5.41) is 6.87. The van der Waals surface area contributed by atoms with Gasteiger partial charge in [0.2, 0.25) is 5.43 Å². The molecule has 0 unspecified atom stereocenters. The molecular formula is C24H31N3O2. The predicted molar refractivity (Wildman–Crippen MR) is 124 cm³/mol. The van der Waals surface area contributed by atoms with Crippen LogP contribution in [0.1, 0.15) is 55.6 Å². The van der Waals surface area contributed by atoms with Crippen molar-refractivity contribution in [1.82, 2.24) is 4.98 Å². The van der Waals surface area contributed by atoms with Gasteiger partial charge in [-0.2, -0.15) is 0 Å². The van der Waals surface area contributed by atoms with Gasteiger partial charge < -0.3 is 15.6 Å². The van der Waals surface area contributed by atoms with Crippen molar-refractivity contribution >= 4 is 33.9 Å². The van der Waals surface area contributed by atoms with Crippen molar-refractivity contribution in [1.29, 1.82) is 0 Å². The molecule has 0 amide bonds. The van der Waals surface area contributed by atoms with E-state index in [0.717, 1.165) is 40.9 Å². The van der Waals surface area contributed by atoms with Crippen LogP contribution >= 0.6 is 0 Å². The fourth-order valence-corrected chi connectivity index (χ4v) is 3.41. The highest BCUT2D eigenvalue weighted by Crippen LogP contribution is 2.28. The number of para-hydroxylation sites is 1. The summed E-state index contributed by atoms with van der Waals surface area (Å²) in [5.74, 6) is 0.178. The van der Waals surface area contributed by atoms with E-state index in [1.165, 1.54) is 6.92 Å². The van der Waals surface area contributed by atoms with E-state index in [-0.39, 0.29) is 16.8 Å². The van der Waals surface area contributed by atoms with Crippen molar-refractivity contribution in [3.8, 4) is 0 Å². The number of ketones is 1. The number of rotatable bonds is 6. The first-order valence-corrected chi connectivity index (χ1v) is 10.2. The van der Waals surface area contributed by atoms with Crippen LogP contribution < -0.4 is 16.1 Å². The number of hydrogen-bond acceptors (Lipinski definition) is 4. The average Bonchev–Trinajstić information content (AvgIpc) is 2.71. The first-order valence-electron chi connectivity index (χ1n) is 10.2. The molecule has 0 fully saturated rings. The second-order valence-corrected chi connectivity index (χ2v) is 6.72. The monoisotopic (exact) mass is 393 g/mol. The lowest BCUT2D eigenvalue weighted by molar-refractivity contribution is 0.101. The number of carbonyl (C=O) groups excluding carboxylic acids is 1. The summed E-state index contributed by atoms with van der Waals surface area (Å²) in [6.45, 7) is 9.51. The molecule has 1 aromatic heterocycles. The highest BCUT2D eigenvalue weighted by Gasteiger charge is 2.20. The molecule has 0 aliphatic rings. The van der Waals surface area contributed by atoms with E-state index in [1.54, 1.807) is 7.05 Å². The zero-order valence-corrected chi connectivity index (χ0v) is 18.2. The number of aryl methyl sites for hydroxylation is 2. The fourth-order valence-electron chi connectivity index (χ4n) is 3.41. The van der Waals surface area contributed by atoms with Crippen LogP contribution in [0.4, 0.5) is 17.2 Å². The van der Waals surface area contributed by atoms with Crippen LogP contribution in [0.25, 0.3) is 10.9 Å². The number of Topliss-reactive ketones (excluding diaryl/α,β-unsaturated/α-hetero) is 1. The quantitative estimate of drug-likeness (QED) is 0.463. The third-order valence-corrected chi connectivity index (χ3v) is 4.79. The molecule has 0 saturated carbocycles. The molecule has 3 N–H and O–H groups in total. The van der Waals surface area contributed by atoms with Crippen molar-refractivity contribution in [3.63, 3.8) is 0 Å². The summed E-state index contributed by atoms with van der Waals surface area (Å²) in [6, 6.07) is 11.7. The Morgan fingerprint density at radius 1 is 1.07 bits per heavy atom. The lowest BCUT2D eigenvalue weighted by Gasteiger charge is -2.17. The molecule has 0 radical (unpaired) electrons. The van der Waals surface area contributed by atoms with Gasteiger partial charge in [0, 0.05) is 18.4 Å². The molecule has 0 atom stereocenters. The minimum absolute atomic E-state index is 0.149. The van der Waals surface area contributed by atoms with E-state index in [0.29, 0.717) is 11.2 Å². The summed E-state index contributed by atoms with van der Waals surface area (Å²) < 4.78 is 0.